The number of hydrogen-bond acceptors (Lipinski definition) is 3. The molecule has 0 aliphatic carbocycles. The van der Waals surface area contributed by atoms with E-state index in [2.05, 4.69) is 0 Å². The average molecular weight is 214 g/mol. The van der Waals surface area contributed by atoms with Crippen LogP contribution in [0.25, 0.3) is 0 Å². The van der Waals surface area contributed by atoms with Crippen molar-refractivity contribution >= 4 is 0 Å². The minimum Gasteiger partial charge on any atom is -0.390 e. The summed E-state index contributed by atoms with van der Waals surface area (Å²) < 4.78 is 11.0. The van der Waals surface area contributed by atoms with Crippen LogP contribution in [-0.4, -0.2) is 36.6 Å². The highest BCUT2D eigenvalue weighted by Crippen LogP contribution is 2.22. The Bertz CT molecular complexity index is 172. The number of ether oxygens (including phenoxy) is 2. The summed E-state index contributed by atoms with van der Waals surface area (Å²) in [5, 5.41) is 9.86. The summed E-state index contributed by atoms with van der Waals surface area (Å²) in [6.45, 7) is 1.76. The van der Waals surface area contributed by atoms with Crippen molar-refractivity contribution in [1.29, 1.82) is 0 Å². The van der Waals surface area contributed by atoms with Gasteiger partial charge in [0.2, 0.25) is 0 Å². The fraction of sp³-hybridized carbons (Fsp3) is 1.00. The molecule has 2 saturated heterocycles. The van der Waals surface area contributed by atoms with Crippen LogP contribution in [-0.2, 0) is 9.47 Å². The van der Waals surface area contributed by atoms with Crippen molar-refractivity contribution in [3.63, 3.8) is 0 Å². The SMILES string of the molecule is OC(CCCC1CCCO1)C1CCCO1. The van der Waals surface area contributed by atoms with E-state index >= 15 is 0 Å². The molecule has 3 unspecified atom stereocenters. The quantitative estimate of drug-likeness (QED) is 0.759. The Morgan fingerprint density at radius 1 is 1.13 bits per heavy atom. The molecule has 3 heteroatoms. The predicted molar refractivity (Wildman–Crippen MR) is 57.8 cm³/mol. The third-order valence-corrected chi connectivity index (χ3v) is 3.44. The Balaban J connectivity index is 1.56. The summed E-state index contributed by atoms with van der Waals surface area (Å²) in [6.07, 6.45) is 7.88. The first-order valence-corrected chi connectivity index (χ1v) is 6.27. The van der Waals surface area contributed by atoms with Gasteiger partial charge in [-0.15, -0.1) is 0 Å². The Hall–Kier alpha value is -0.120. The highest BCUT2D eigenvalue weighted by molar-refractivity contribution is 4.74. The van der Waals surface area contributed by atoms with Gasteiger partial charge in [0.1, 0.15) is 0 Å². The first-order chi connectivity index (χ1) is 7.36. The molecule has 2 aliphatic heterocycles. The molecule has 0 aromatic heterocycles. The monoisotopic (exact) mass is 214 g/mol. The molecule has 15 heavy (non-hydrogen) atoms. The van der Waals surface area contributed by atoms with Crippen molar-refractivity contribution in [3.05, 3.63) is 0 Å². The lowest BCUT2D eigenvalue weighted by Gasteiger charge is -2.18. The van der Waals surface area contributed by atoms with E-state index in [4.69, 9.17) is 9.47 Å². The van der Waals surface area contributed by atoms with E-state index < -0.39 is 0 Å². The highest BCUT2D eigenvalue weighted by Gasteiger charge is 2.24. The van der Waals surface area contributed by atoms with Crippen molar-refractivity contribution < 1.29 is 14.6 Å². The third kappa shape index (κ3) is 3.44. The Labute approximate surface area is 91.8 Å². The van der Waals surface area contributed by atoms with Gasteiger partial charge in [-0.3, -0.25) is 0 Å². The number of rotatable bonds is 5. The van der Waals surface area contributed by atoms with Crippen molar-refractivity contribution in [1.82, 2.24) is 0 Å². The van der Waals surface area contributed by atoms with Crippen LogP contribution in [0.15, 0.2) is 0 Å². The first kappa shape index (κ1) is 11.4. The maximum Gasteiger partial charge on any atom is 0.0834 e. The summed E-state index contributed by atoms with van der Waals surface area (Å²) in [7, 11) is 0. The zero-order valence-electron chi connectivity index (χ0n) is 9.36. The molecule has 0 saturated carbocycles. The zero-order chi connectivity index (χ0) is 10.5. The van der Waals surface area contributed by atoms with Gasteiger partial charge < -0.3 is 14.6 Å². The van der Waals surface area contributed by atoms with Crippen LogP contribution < -0.4 is 0 Å². The predicted octanol–water partition coefficient (Wildman–Crippen LogP) is 1.88. The van der Waals surface area contributed by atoms with Gasteiger partial charge in [-0.1, -0.05) is 0 Å². The second-order valence-corrected chi connectivity index (χ2v) is 4.68. The van der Waals surface area contributed by atoms with Crippen LogP contribution in [0.1, 0.15) is 44.9 Å². The maximum atomic E-state index is 9.86. The fourth-order valence-corrected chi connectivity index (χ4v) is 2.52. The first-order valence-electron chi connectivity index (χ1n) is 6.27. The van der Waals surface area contributed by atoms with Gasteiger partial charge in [-0.2, -0.15) is 0 Å². The molecule has 0 spiro atoms. The fourth-order valence-electron chi connectivity index (χ4n) is 2.52. The molecular formula is C12H22O3. The van der Waals surface area contributed by atoms with Crippen LogP contribution in [0.2, 0.25) is 0 Å². The van der Waals surface area contributed by atoms with Gasteiger partial charge in [0.25, 0.3) is 0 Å². The standard InChI is InChI=1S/C12H22O3/c13-11(12-7-3-9-15-12)6-1-4-10-5-2-8-14-10/h10-13H,1-9H2. The Morgan fingerprint density at radius 3 is 2.60 bits per heavy atom. The van der Waals surface area contributed by atoms with Crippen molar-refractivity contribution in [2.45, 2.75) is 63.3 Å². The topological polar surface area (TPSA) is 38.7 Å². The molecule has 0 aromatic carbocycles. The van der Waals surface area contributed by atoms with E-state index in [0.29, 0.717) is 6.10 Å². The molecule has 0 bridgehead atoms. The van der Waals surface area contributed by atoms with Crippen molar-refractivity contribution in [3.8, 4) is 0 Å². The van der Waals surface area contributed by atoms with Crippen molar-refractivity contribution in [2.24, 2.45) is 0 Å². The van der Waals surface area contributed by atoms with Crippen LogP contribution in [0, 0.1) is 0 Å². The van der Waals surface area contributed by atoms with Gasteiger partial charge in [0, 0.05) is 13.2 Å². The van der Waals surface area contributed by atoms with Gasteiger partial charge in [-0.05, 0) is 44.9 Å². The van der Waals surface area contributed by atoms with E-state index in [9.17, 15) is 5.11 Å². The molecular weight excluding hydrogens is 192 g/mol. The van der Waals surface area contributed by atoms with Crippen LogP contribution in [0.5, 0.6) is 0 Å². The van der Waals surface area contributed by atoms with Crippen LogP contribution in [0.4, 0.5) is 0 Å². The molecule has 3 nitrogen and oxygen atoms in total. The number of aliphatic hydroxyl groups is 1. The van der Waals surface area contributed by atoms with Gasteiger partial charge in [-0.25, -0.2) is 0 Å². The van der Waals surface area contributed by atoms with Gasteiger partial charge >= 0.3 is 0 Å². The average Bonchev–Trinajstić information content (AvgIpc) is 2.90. The third-order valence-electron chi connectivity index (χ3n) is 3.44. The normalized spacial score (nSPS) is 33.4. The number of hydrogen-bond donors (Lipinski definition) is 1. The Morgan fingerprint density at radius 2 is 1.93 bits per heavy atom. The van der Waals surface area contributed by atoms with Gasteiger partial charge in [0.15, 0.2) is 0 Å². The minimum absolute atomic E-state index is 0.106. The summed E-state index contributed by atoms with van der Waals surface area (Å²) in [5.74, 6) is 0. The summed E-state index contributed by atoms with van der Waals surface area (Å²) in [4.78, 5) is 0. The molecule has 88 valence electrons. The van der Waals surface area contributed by atoms with E-state index in [1.807, 2.05) is 0 Å². The Kier molecular flexibility index (Phi) is 4.42. The molecule has 3 atom stereocenters. The smallest absolute Gasteiger partial charge is 0.0834 e. The lowest BCUT2D eigenvalue weighted by Crippen LogP contribution is -2.25. The molecule has 0 amide bonds. The largest absolute Gasteiger partial charge is 0.390 e. The molecule has 2 fully saturated rings. The maximum absolute atomic E-state index is 9.86. The van der Waals surface area contributed by atoms with E-state index in [1.54, 1.807) is 0 Å². The zero-order valence-corrected chi connectivity index (χ0v) is 9.36. The van der Waals surface area contributed by atoms with Crippen LogP contribution in [0.3, 0.4) is 0 Å². The second-order valence-electron chi connectivity index (χ2n) is 4.68. The van der Waals surface area contributed by atoms with E-state index in [-0.39, 0.29) is 12.2 Å². The molecule has 2 heterocycles. The lowest BCUT2D eigenvalue weighted by molar-refractivity contribution is -0.00825. The van der Waals surface area contributed by atoms with Crippen LogP contribution >= 0.6 is 0 Å². The molecule has 2 aliphatic rings. The summed E-state index contributed by atoms with van der Waals surface area (Å²) in [6, 6.07) is 0. The highest BCUT2D eigenvalue weighted by atomic mass is 16.5. The van der Waals surface area contributed by atoms with E-state index in [1.165, 1.54) is 12.8 Å². The van der Waals surface area contributed by atoms with E-state index in [0.717, 1.165) is 45.3 Å². The molecule has 1 N–H and O–H groups in total. The molecule has 2 rings (SSSR count). The molecule has 0 aromatic rings. The van der Waals surface area contributed by atoms with Gasteiger partial charge in [0.05, 0.1) is 18.3 Å². The van der Waals surface area contributed by atoms with Crippen molar-refractivity contribution in [2.75, 3.05) is 13.2 Å². The lowest BCUT2D eigenvalue weighted by atomic mass is 10.0. The summed E-state index contributed by atoms with van der Waals surface area (Å²) in [5.41, 5.74) is 0. The minimum atomic E-state index is -0.256. The molecule has 0 radical (unpaired) electrons. The number of aliphatic hydroxyl groups excluding tert-OH is 1. The summed E-state index contributed by atoms with van der Waals surface area (Å²) >= 11 is 0. The second kappa shape index (κ2) is 5.83.